The fourth-order valence-corrected chi connectivity index (χ4v) is 5.57. The third-order valence-corrected chi connectivity index (χ3v) is 7.10. The molecule has 0 aliphatic heterocycles. The molecule has 3 heterocycles. The summed E-state index contributed by atoms with van der Waals surface area (Å²) in [6.45, 7) is 4.38. The molecule has 0 spiro atoms. The van der Waals surface area contributed by atoms with Gasteiger partial charge in [0.2, 0.25) is 0 Å². The molecule has 0 saturated heterocycles. The molecule has 144 valence electrons. The van der Waals surface area contributed by atoms with E-state index in [0.29, 0.717) is 0 Å². The van der Waals surface area contributed by atoms with Crippen molar-refractivity contribution < 1.29 is 4.42 Å². The maximum absolute atomic E-state index is 6.27. The average Bonchev–Trinajstić information content (AvgIpc) is 3.35. The highest BCUT2D eigenvalue weighted by atomic mass is 32.1. The largest absolute Gasteiger partial charge is 0.454 e. The van der Waals surface area contributed by atoms with Gasteiger partial charge in [-0.05, 0) is 49.2 Å². The van der Waals surface area contributed by atoms with E-state index < -0.39 is 0 Å². The first-order chi connectivity index (χ1) is 14.7. The van der Waals surface area contributed by atoms with Crippen molar-refractivity contribution in [3.05, 3.63) is 90.0 Å². The van der Waals surface area contributed by atoms with E-state index >= 15 is 0 Å². The van der Waals surface area contributed by atoms with Gasteiger partial charge in [0.15, 0.2) is 5.58 Å². The van der Waals surface area contributed by atoms with Crippen LogP contribution in [0.5, 0.6) is 0 Å². The Kier molecular flexibility index (Phi) is 3.80. The zero-order valence-electron chi connectivity index (χ0n) is 16.8. The minimum absolute atomic E-state index is 0.819. The van der Waals surface area contributed by atoms with Crippen molar-refractivity contribution >= 4 is 42.6 Å². The summed E-state index contributed by atoms with van der Waals surface area (Å²) in [4.78, 5) is 4.86. The lowest BCUT2D eigenvalue weighted by atomic mass is 9.97. The number of nitrogens with zero attached hydrogens (tertiary/aromatic N) is 1. The molecule has 0 aliphatic carbocycles. The molecule has 2 nitrogen and oxygen atoms in total. The molecule has 30 heavy (non-hydrogen) atoms. The zero-order valence-corrected chi connectivity index (χ0v) is 17.6. The standard InChI is InChI=1S/C27H19NOS/c1-16-14-20-19-10-6-7-11-25(19)30-27(20)17(2)26(16)24-15-22-23(29-24)13-12-21(28-22)18-8-4-3-5-9-18/h3-15H,1-2H3. The Morgan fingerprint density at radius 3 is 2.47 bits per heavy atom. The third-order valence-electron chi connectivity index (χ3n) is 5.79. The Hall–Kier alpha value is -3.43. The van der Waals surface area contributed by atoms with Crippen molar-refractivity contribution in [1.82, 2.24) is 4.98 Å². The Morgan fingerprint density at radius 2 is 1.60 bits per heavy atom. The van der Waals surface area contributed by atoms with E-state index in [1.165, 1.54) is 36.9 Å². The summed E-state index contributed by atoms with van der Waals surface area (Å²) >= 11 is 1.86. The molecule has 6 aromatic rings. The lowest BCUT2D eigenvalue weighted by Gasteiger charge is -2.08. The number of furan rings is 1. The van der Waals surface area contributed by atoms with Crippen molar-refractivity contribution in [3.8, 4) is 22.6 Å². The lowest BCUT2D eigenvalue weighted by Crippen LogP contribution is -1.87. The number of aromatic nitrogens is 1. The second kappa shape index (κ2) is 6.54. The molecule has 0 unspecified atom stereocenters. The average molecular weight is 406 g/mol. The Bertz CT molecular complexity index is 1560. The Morgan fingerprint density at radius 1 is 0.800 bits per heavy atom. The number of pyridine rings is 1. The second-order valence-electron chi connectivity index (χ2n) is 7.72. The molecule has 3 aromatic heterocycles. The van der Waals surface area contributed by atoms with Gasteiger partial charge in [-0.2, -0.15) is 0 Å². The highest BCUT2D eigenvalue weighted by molar-refractivity contribution is 7.26. The van der Waals surface area contributed by atoms with Gasteiger partial charge in [-0.15, -0.1) is 11.3 Å². The number of hydrogen-bond acceptors (Lipinski definition) is 3. The number of benzene rings is 3. The van der Waals surface area contributed by atoms with Crippen molar-refractivity contribution in [3.63, 3.8) is 0 Å². The molecule has 0 N–H and O–H groups in total. The van der Waals surface area contributed by atoms with Crippen LogP contribution in [0, 0.1) is 13.8 Å². The third kappa shape index (κ3) is 2.59. The first-order valence-corrected chi connectivity index (χ1v) is 10.9. The molecule has 0 amide bonds. The van der Waals surface area contributed by atoms with Gasteiger partial charge in [-0.1, -0.05) is 48.5 Å². The summed E-state index contributed by atoms with van der Waals surface area (Å²) in [6, 6.07) is 27.3. The van der Waals surface area contributed by atoms with Crippen LogP contribution in [0.1, 0.15) is 11.1 Å². The first kappa shape index (κ1) is 17.4. The van der Waals surface area contributed by atoms with Gasteiger partial charge in [0.25, 0.3) is 0 Å². The van der Waals surface area contributed by atoms with Crippen LogP contribution in [-0.2, 0) is 0 Å². The number of aryl methyl sites for hydroxylation is 2. The molecule has 0 fully saturated rings. The van der Waals surface area contributed by atoms with Crippen LogP contribution >= 0.6 is 11.3 Å². The van der Waals surface area contributed by atoms with Crippen LogP contribution < -0.4 is 0 Å². The topological polar surface area (TPSA) is 26.0 Å². The van der Waals surface area contributed by atoms with E-state index in [1.54, 1.807) is 0 Å². The molecule has 0 radical (unpaired) electrons. The van der Waals surface area contributed by atoms with Gasteiger partial charge in [0.1, 0.15) is 11.3 Å². The quantitative estimate of drug-likeness (QED) is 0.290. The second-order valence-corrected chi connectivity index (χ2v) is 8.78. The van der Waals surface area contributed by atoms with E-state index in [0.717, 1.165) is 28.1 Å². The predicted molar refractivity (Wildman–Crippen MR) is 127 cm³/mol. The van der Waals surface area contributed by atoms with Crippen LogP contribution in [0.2, 0.25) is 0 Å². The summed E-state index contributed by atoms with van der Waals surface area (Å²) in [6.07, 6.45) is 0. The van der Waals surface area contributed by atoms with E-state index in [-0.39, 0.29) is 0 Å². The van der Waals surface area contributed by atoms with Crippen LogP contribution in [0.25, 0.3) is 53.9 Å². The van der Waals surface area contributed by atoms with E-state index in [1.807, 2.05) is 41.7 Å². The molecular weight excluding hydrogens is 386 g/mol. The van der Waals surface area contributed by atoms with Crippen molar-refractivity contribution in [2.75, 3.05) is 0 Å². The monoisotopic (exact) mass is 405 g/mol. The molecule has 0 bridgehead atoms. The fourth-order valence-electron chi connectivity index (χ4n) is 4.38. The van der Waals surface area contributed by atoms with Gasteiger partial charge in [0.05, 0.1) is 5.69 Å². The summed E-state index contributed by atoms with van der Waals surface area (Å²) in [5.74, 6) is 0.886. The summed E-state index contributed by atoms with van der Waals surface area (Å²) in [5.41, 5.74) is 7.46. The maximum atomic E-state index is 6.27. The van der Waals surface area contributed by atoms with Crippen LogP contribution in [-0.4, -0.2) is 4.98 Å². The highest BCUT2D eigenvalue weighted by Gasteiger charge is 2.17. The van der Waals surface area contributed by atoms with Crippen LogP contribution in [0.3, 0.4) is 0 Å². The van der Waals surface area contributed by atoms with Crippen molar-refractivity contribution in [1.29, 1.82) is 0 Å². The fraction of sp³-hybridized carbons (Fsp3) is 0.0741. The SMILES string of the molecule is Cc1cc2c(sc3ccccc32)c(C)c1-c1cc2nc(-c3ccccc3)ccc2o1. The van der Waals surface area contributed by atoms with Gasteiger partial charge in [0, 0.05) is 37.4 Å². The molecule has 3 aromatic carbocycles. The Balaban J connectivity index is 1.55. The minimum atomic E-state index is 0.819. The zero-order chi connectivity index (χ0) is 20.2. The van der Waals surface area contributed by atoms with Crippen molar-refractivity contribution in [2.24, 2.45) is 0 Å². The first-order valence-electron chi connectivity index (χ1n) is 10.1. The molecular formula is C27H19NOS. The highest BCUT2D eigenvalue weighted by Crippen LogP contribution is 2.42. The summed E-state index contributed by atoms with van der Waals surface area (Å²) in [7, 11) is 0. The number of thiophene rings is 1. The number of hydrogen-bond donors (Lipinski definition) is 0. The Labute approximate surface area is 178 Å². The summed E-state index contributed by atoms with van der Waals surface area (Å²) in [5, 5.41) is 2.66. The van der Waals surface area contributed by atoms with Crippen molar-refractivity contribution in [2.45, 2.75) is 13.8 Å². The molecule has 3 heteroatoms. The van der Waals surface area contributed by atoms with Crippen LogP contribution in [0.4, 0.5) is 0 Å². The molecule has 0 saturated carbocycles. The van der Waals surface area contributed by atoms with Gasteiger partial charge in [-0.3, -0.25) is 0 Å². The summed E-state index contributed by atoms with van der Waals surface area (Å²) < 4.78 is 8.93. The normalized spacial score (nSPS) is 11.7. The minimum Gasteiger partial charge on any atom is -0.454 e. The van der Waals surface area contributed by atoms with E-state index in [4.69, 9.17) is 9.40 Å². The lowest BCUT2D eigenvalue weighted by molar-refractivity contribution is 0.630. The van der Waals surface area contributed by atoms with Gasteiger partial charge in [-0.25, -0.2) is 4.98 Å². The number of fused-ring (bicyclic) bond motifs is 4. The van der Waals surface area contributed by atoms with Crippen LogP contribution in [0.15, 0.2) is 83.3 Å². The molecule has 6 rings (SSSR count). The number of rotatable bonds is 2. The smallest absolute Gasteiger partial charge is 0.153 e. The molecule has 0 atom stereocenters. The predicted octanol–water partition coefficient (Wildman–Crippen LogP) is 8.15. The maximum Gasteiger partial charge on any atom is 0.153 e. The van der Waals surface area contributed by atoms with Gasteiger partial charge < -0.3 is 4.42 Å². The van der Waals surface area contributed by atoms with E-state index in [9.17, 15) is 0 Å². The van der Waals surface area contributed by atoms with Gasteiger partial charge >= 0.3 is 0 Å². The van der Waals surface area contributed by atoms with E-state index in [2.05, 4.69) is 62.4 Å². The molecule has 0 aliphatic rings.